The molecule has 18 heavy (non-hydrogen) atoms. The average molecular weight is 344 g/mol. The maximum atomic E-state index is 9.99. The fourth-order valence-electron chi connectivity index (χ4n) is 1.50. The van der Waals surface area contributed by atoms with E-state index in [1.54, 1.807) is 18.2 Å². The van der Waals surface area contributed by atoms with Gasteiger partial charge in [0.2, 0.25) is 0 Å². The zero-order chi connectivity index (χ0) is 13.3. The van der Waals surface area contributed by atoms with Crippen LogP contribution in [0, 0.1) is 11.3 Å². The molecule has 1 N–H and O–H groups in total. The normalized spacial score (nSPS) is 10.1. The quantitative estimate of drug-likeness (QED) is 0.781. The van der Waals surface area contributed by atoms with Gasteiger partial charge in [0.15, 0.2) is 0 Å². The summed E-state index contributed by atoms with van der Waals surface area (Å²) in [5, 5.41) is 19.3. The van der Waals surface area contributed by atoms with Crippen LogP contribution in [0.4, 0.5) is 0 Å². The number of rotatable bonds is 1. The van der Waals surface area contributed by atoms with Gasteiger partial charge in [0.1, 0.15) is 16.1 Å². The summed E-state index contributed by atoms with van der Waals surface area (Å²) in [6, 6.07) is 8.23. The zero-order valence-electron chi connectivity index (χ0n) is 8.78. The molecule has 0 unspecified atom stereocenters. The average Bonchev–Trinajstić information content (AvgIpc) is 2.31. The molecular formula is C12H5BrCl2N2O. The van der Waals surface area contributed by atoms with Gasteiger partial charge in [0, 0.05) is 5.56 Å². The number of phenolic OH excluding ortho intramolecular Hbond substituents is 1. The molecule has 6 heteroatoms. The first-order valence-electron chi connectivity index (χ1n) is 4.77. The number of nitrogens with zero attached hydrogens (tertiary/aromatic N) is 2. The predicted octanol–water partition coefficient (Wildman–Crippen LogP) is 4.40. The summed E-state index contributed by atoms with van der Waals surface area (Å²) in [6.45, 7) is 0. The molecule has 0 amide bonds. The van der Waals surface area contributed by atoms with E-state index in [1.807, 2.05) is 6.07 Å². The topological polar surface area (TPSA) is 56.9 Å². The number of hydrogen-bond donors (Lipinski definition) is 1. The lowest BCUT2D eigenvalue weighted by Crippen LogP contribution is -1.86. The van der Waals surface area contributed by atoms with Crippen LogP contribution in [0.3, 0.4) is 0 Å². The van der Waals surface area contributed by atoms with Crippen LogP contribution in [0.1, 0.15) is 5.56 Å². The third kappa shape index (κ3) is 2.59. The smallest absolute Gasteiger partial charge is 0.137 e. The maximum Gasteiger partial charge on any atom is 0.137 e. The summed E-state index contributed by atoms with van der Waals surface area (Å²) >= 11 is 14.8. The fraction of sp³-hybridized carbons (Fsp3) is 0. The van der Waals surface area contributed by atoms with Gasteiger partial charge in [0.25, 0.3) is 0 Å². The van der Waals surface area contributed by atoms with Crippen molar-refractivity contribution < 1.29 is 5.11 Å². The fourth-order valence-corrected chi connectivity index (χ4v) is 2.42. The molecule has 3 nitrogen and oxygen atoms in total. The van der Waals surface area contributed by atoms with Crippen molar-refractivity contribution in [1.29, 1.82) is 5.26 Å². The van der Waals surface area contributed by atoms with Crippen molar-refractivity contribution in [1.82, 2.24) is 4.98 Å². The standard InChI is InChI=1S/C12H5BrCl2N2O/c13-9-2-6(5-16)1-8(12(9)18)7-3-10(14)17-11(15)4-7/h1-4,18H. The molecule has 0 saturated heterocycles. The number of benzene rings is 1. The predicted molar refractivity (Wildman–Crippen MR) is 73.8 cm³/mol. The number of phenols is 1. The first-order chi connectivity index (χ1) is 8.51. The molecule has 2 aromatic rings. The van der Waals surface area contributed by atoms with Crippen molar-refractivity contribution >= 4 is 39.1 Å². The summed E-state index contributed by atoms with van der Waals surface area (Å²) in [7, 11) is 0. The third-order valence-electron chi connectivity index (χ3n) is 2.27. The highest BCUT2D eigenvalue weighted by Crippen LogP contribution is 2.37. The van der Waals surface area contributed by atoms with Crippen LogP contribution < -0.4 is 0 Å². The summed E-state index contributed by atoms with van der Waals surface area (Å²) in [6.07, 6.45) is 0. The summed E-state index contributed by atoms with van der Waals surface area (Å²) in [5.74, 6) is 0.0207. The number of nitriles is 1. The SMILES string of the molecule is N#Cc1cc(Br)c(O)c(-c2cc(Cl)nc(Cl)c2)c1. The highest BCUT2D eigenvalue weighted by atomic mass is 79.9. The van der Waals surface area contributed by atoms with E-state index in [0.29, 0.717) is 21.2 Å². The Kier molecular flexibility index (Phi) is 3.76. The largest absolute Gasteiger partial charge is 0.506 e. The first-order valence-corrected chi connectivity index (χ1v) is 6.32. The molecule has 0 aliphatic heterocycles. The van der Waals surface area contributed by atoms with Crippen molar-refractivity contribution in [2.24, 2.45) is 0 Å². The minimum absolute atomic E-state index is 0.0207. The van der Waals surface area contributed by atoms with E-state index in [2.05, 4.69) is 20.9 Å². The molecule has 90 valence electrons. The van der Waals surface area contributed by atoms with Crippen molar-refractivity contribution in [3.63, 3.8) is 0 Å². The summed E-state index contributed by atoms with van der Waals surface area (Å²) < 4.78 is 0.431. The van der Waals surface area contributed by atoms with E-state index >= 15 is 0 Å². The number of halogens is 3. The van der Waals surface area contributed by atoms with E-state index in [-0.39, 0.29) is 16.1 Å². The molecule has 0 fully saturated rings. The van der Waals surface area contributed by atoms with Crippen LogP contribution in [-0.4, -0.2) is 10.1 Å². The molecule has 0 aliphatic rings. The highest BCUT2D eigenvalue weighted by molar-refractivity contribution is 9.10. The first kappa shape index (κ1) is 13.2. The molecule has 1 heterocycles. The minimum atomic E-state index is 0.0207. The maximum absolute atomic E-state index is 9.99. The summed E-state index contributed by atoms with van der Waals surface area (Å²) in [5.41, 5.74) is 1.47. The van der Waals surface area contributed by atoms with Gasteiger partial charge in [-0.3, -0.25) is 0 Å². The Morgan fingerprint density at radius 3 is 2.33 bits per heavy atom. The van der Waals surface area contributed by atoms with Gasteiger partial charge in [-0.05, 0) is 45.8 Å². The minimum Gasteiger partial charge on any atom is -0.506 e. The molecule has 0 aliphatic carbocycles. The van der Waals surface area contributed by atoms with Gasteiger partial charge < -0.3 is 5.11 Å². The van der Waals surface area contributed by atoms with Crippen molar-refractivity contribution in [3.8, 4) is 22.9 Å². The van der Waals surface area contributed by atoms with Gasteiger partial charge in [-0.15, -0.1) is 0 Å². The van der Waals surface area contributed by atoms with Crippen molar-refractivity contribution in [2.45, 2.75) is 0 Å². The van der Waals surface area contributed by atoms with Crippen LogP contribution in [0.25, 0.3) is 11.1 Å². The Morgan fingerprint density at radius 2 is 1.78 bits per heavy atom. The van der Waals surface area contributed by atoms with E-state index in [1.165, 1.54) is 6.07 Å². The Bertz CT molecular complexity index is 648. The Hall–Kier alpha value is -1.28. The number of hydrogen-bond acceptors (Lipinski definition) is 3. The molecule has 0 atom stereocenters. The Labute approximate surface area is 122 Å². The van der Waals surface area contributed by atoms with Crippen LogP contribution in [0.5, 0.6) is 5.75 Å². The molecule has 0 radical (unpaired) electrons. The summed E-state index contributed by atoms with van der Waals surface area (Å²) in [4.78, 5) is 3.83. The number of aromatic nitrogens is 1. The third-order valence-corrected chi connectivity index (χ3v) is 3.26. The Balaban J connectivity index is 2.70. The van der Waals surface area contributed by atoms with Gasteiger partial charge in [-0.25, -0.2) is 4.98 Å². The Morgan fingerprint density at radius 1 is 1.17 bits per heavy atom. The van der Waals surface area contributed by atoms with Crippen molar-refractivity contribution in [3.05, 3.63) is 44.6 Å². The van der Waals surface area contributed by atoms with E-state index in [4.69, 9.17) is 28.5 Å². The monoisotopic (exact) mass is 342 g/mol. The molecule has 0 bridgehead atoms. The second kappa shape index (κ2) is 5.15. The zero-order valence-corrected chi connectivity index (χ0v) is 11.9. The van der Waals surface area contributed by atoms with E-state index in [9.17, 15) is 5.11 Å². The lowest BCUT2D eigenvalue weighted by Gasteiger charge is -2.08. The van der Waals surface area contributed by atoms with Gasteiger partial charge in [0.05, 0.1) is 16.1 Å². The molecule has 1 aromatic heterocycles. The van der Waals surface area contributed by atoms with Crippen molar-refractivity contribution in [2.75, 3.05) is 0 Å². The lowest BCUT2D eigenvalue weighted by molar-refractivity contribution is 0.474. The van der Waals surface area contributed by atoms with E-state index < -0.39 is 0 Å². The van der Waals surface area contributed by atoms with Crippen LogP contribution in [-0.2, 0) is 0 Å². The number of pyridine rings is 1. The van der Waals surface area contributed by atoms with Gasteiger partial charge in [-0.1, -0.05) is 23.2 Å². The lowest BCUT2D eigenvalue weighted by atomic mass is 10.0. The van der Waals surface area contributed by atoms with Crippen LogP contribution in [0.2, 0.25) is 10.3 Å². The van der Waals surface area contributed by atoms with Gasteiger partial charge in [-0.2, -0.15) is 5.26 Å². The molecular weight excluding hydrogens is 339 g/mol. The van der Waals surface area contributed by atoms with Crippen LogP contribution >= 0.6 is 39.1 Å². The molecule has 0 spiro atoms. The highest BCUT2D eigenvalue weighted by Gasteiger charge is 2.12. The second-order valence-electron chi connectivity index (χ2n) is 3.47. The molecule has 1 aromatic carbocycles. The molecule has 2 rings (SSSR count). The van der Waals surface area contributed by atoms with Gasteiger partial charge >= 0.3 is 0 Å². The number of aromatic hydroxyl groups is 1. The van der Waals surface area contributed by atoms with E-state index in [0.717, 1.165) is 0 Å². The molecule has 0 saturated carbocycles. The van der Waals surface area contributed by atoms with Crippen LogP contribution in [0.15, 0.2) is 28.7 Å². The second-order valence-corrected chi connectivity index (χ2v) is 5.10.